The van der Waals surface area contributed by atoms with E-state index in [-0.39, 0.29) is 18.6 Å². The third-order valence-corrected chi connectivity index (χ3v) is 4.94. The zero-order valence-electron chi connectivity index (χ0n) is 16.3. The fourth-order valence-corrected chi connectivity index (χ4v) is 3.39. The molecule has 146 valence electrons. The molecule has 1 aromatic heterocycles. The molecule has 1 heterocycles. The summed E-state index contributed by atoms with van der Waals surface area (Å²) in [5, 5.41) is 6.09. The fraction of sp³-hybridized carbons (Fsp3) is 0.167. The summed E-state index contributed by atoms with van der Waals surface area (Å²) in [7, 11) is 0. The van der Waals surface area contributed by atoms with Crippen LogP contribution in [0, 0.1) is 6.92 Å². The molecule has 4 rings (SSSR count). The molecule has 1 atom stereocenters. The Morgan fingerprint density at radius 2 is 1.83 bits per heavy atom. The van der Waals surface area contributed by atoms with Crippen LogP contribution in [0.2, 0.25) is 0 Å². The van der Waals surface area contributed by atoms with Crippen LogP contribution >= 0.6 is 0 Å². The summed E-state index contributed by atoms with van der Waals surface area (Å²) < 4.78 is 10.8. The van der Waals surface area contributed by atoms with Crippen LogP contribution in [-0.4, -0.2) is 12.5 Å². The van der Waals surface area contributed by atoms with Crippen molar-refractivity contribution in [2.45, 2.75) is 19.9 Å². The summed E-state index contributed by atoms with van der Waals surface area (Å²) in [6.45, 7) is 3.66. The number of aryl methyl sites for hydroxylation is 1. The lowest BCUT2D eigenvalue weighted by Crippen LogP contribution is -2.31. The number of rotatable bonds is 5. The second-order valence-electron chi connectivity index (χ2n) is 7.09. The van der Waals surface area contributed by atoms with E-state index in [9.17, 15) is 9.59 Å². The van der Waals surface area contributed by atoms with Crippen LogP contribution in [0.1, 0.15) is 24.1 Å². The average Bonchev–Trinajstić information content (AvgIpc) is 2.71. The SMILES string of the molecule is Cc1cc(=O)oc2cc(OCC(=O)N[C@@H](C)c3ccc4ccccc4c3)ccc12. The number of hydrogen-bond acceptors (Lipinski definition) is 4. The summed E-state index contributed by atoms with van der Waals surface area (Å²) in [6.07, 6.45) is 0. The molecule has 0 aliphatic rings. The third-order valence-electron chi connectivity index (χ3n) is 4.94. The van der Waals surface area contributed by atoms with Gasteiger partial charge in [0.05, 0.1) is 6.04 Å². The van der Waals surface area contributed by atoms with Crippen molar-refractivity contribution in [1.82, 2.24) is 5.32 Å². The maximum Gasteiger partial charge on any atom is 0.336 e. The van der Waals surface area contributed by atoms with Crippen molar-refractivity contribution in [2.24, 2.45) is 0 Å². The number of carbonyl (C=O) groups excluding carboxylic acids is 1. The summed E-state index contributed by atoms with van der Waals surface area (Å²) in [5.41, 5.74) is 1.90. The molecule has 4 aromatic rings. The molecule has 0 unspecified atom stereocenters. The van der Waals surface area contributed by atoms with E-state index in [1.54, 1.807) is 12.1 Å². The molecule has 0 bridgehead atoms. The molecule has 0 radical (unpaired) electrons. The van der Waals surface area contributed by atoms with Gasteiger partial charge < -0.3 is 14.5 Å². The lowest BCUT2D eigenvalue weighted by molar-refractivity contribution is -0.123. The van der Waals surface area contributed by atoms with Gasteiger partial charge in [-0.05, 0) is 53.9 Å². The number of fused-ring (bicyclic) bond motifs is 2. The van der Waals surface area contributed by atoms with Gasteiger partial charge >= 0.3 is 5.63 Å². The van der Waals surface area contributed by atoms with E-state index < -0.39 is 5.63 Å². The number of hydrogen-bond donors (Lipinski definition) is 1. The van der Waals surface area contributed by atoms with Gasteiger partial charge in [-0.25, -0.2) is 4.79 Å². The maximum atomic E-state index is 12.3. The molecule has 1 N–H and O–H groups in total. The van der Waals surface area contributed by atoms with E-state index in [1.165, 1.54) is 6.07 Å². The van der Waals surface area contributed by atoms with Crippen molar-refractivity contribution in [3.05, 3.63) is 88.3 Å². The summed E-state index contributed by atoms with van der Waals surface area (Å²) >= 11 is 0. The van der Waals surface area contributed by atoms with Gasteiger partial charge in [0.25, 0.3) is 5.91 Å². The largest absolute Gasteiger partial charge is 0.484 e. The zero-order valence-corrected chi connectivity index (χ0v) is 16.3. The van der Waals surface area contributed by atoms with Gasteiger partial charge in [0.15, 0.2) is 6.61 Å². The predicted octanol–water partition coefficient (Wildman–Crippen LogP) is 4.51. The molecule has 0 saturated heterocycles. The molecular weight excluding hydrogens is 366 g/mol. The molecule has 1 amide bonds. The Morgan fingerprint density at radius 3 is 2.66 bits per heavy atom. The molecule has 0 aliphatic heterocycles. The number of ether oxygens (including phenoxy) is 1. The van der Waals surface area contributed by atoms with Gasteiger partial charge in [-0.2, -0.15) is 0 Å². The normalized spacial score (nSPS) is 12.1. The average molecular weight is 387 g/mol. The van der Waals surface area contributed by atoms with Crippen LogP contribution in [0.15, 0.2) is 75.9 Å². The van der Waals surface area contributed by atoms with Crippen molar-refractivity contribution in [3.8, 4) is 5.75 Å². The predicted molar refractivity (Wildman–Crippen MR) is 113 cm³/mol. The summed E-state index contributed by atoms with van der Waals surface area (Å²) in [5.74, 6) is 0.246. The first-order valence-electron chi connectivity index (χ1n) is 9.45. The number of nitrogens with one attached hydrogen (secondary N) is 1. The van der Waals surface area contributed by atoms with Gasteiger partial charge in [-0.3, -0.25) is 4.79 Å². The third kappa shape index (κ3) is 4.14. The van der Waals surface area contributed by atoms with Crippen LogP contribution in [0.4, 0.5) is 0 Å². The minimum Gasteiger partial charge on any atom is -0.484 e. The highest BCUT2D eigenvalue weighted by molar-refractivity contribution is 5.84. The second kappa shape index (κ2) is 7.80. The number of benzene rings is 3. The number of amides is 1. The Bertz CT molecular complexity index is 1260. The van der Waals surface area contributed by atoms with Crippen molar-refractivity contribution in [1.29, 1.82) is 0 Å². The van der Waals surface area contributed by atoms with Crippen LogP contribution in [0.3, 0.4) is 0 Å². The van der Waals surface area contributed by atoms with Gasteiger partial charge in [0.1, 0.15) is 11.3 Å². The van der Waals surface area contributed by atoms with Crippen molar-refractivity contribution in [3.63, 3.8) is 0 Å². The van der Waals surface area contributed by atoms with Gasteiger partial charge in [0.2, 0.25) is 0 Å². The van der Waals surface area contributed by atoms with Gasteiger partial charge in [-0.1, -0.05) is 36.4 Å². The first-order chi connectivity index (χ1) is 14.0. The highest BCUT2D eigenvalue weighted by Crippen LogP contribution is 2.23. The maximum absolute atomic E-state index is 12.3. The Hall–Kier alpha value is -3.60. The fourth-order valence-electron chi connectivity index (χ4n) is 3.39. The standard InChI is InChI=1S/C24H21NO4/c1-15-11-24(27)29-22-13-20(9-10-21(15)22)28-14-23(26)25-16(2)18-8-7-17-5-3-4-6-19(17)12-18/h3-13,16H,14H2,1-2H3,(H,25,26)/t16-/m0/s1. The van der Waals surface area contributed by atoms with Crippen LogP contribution in [-0.2, 0) is 4.79 Å². The Morgan fingerprint density at radius 1 is 1.03 bits per heavy atom. The van der Waals surface area contributed by atoms with Crippen molar-refractivity contribution in [2.75, 3.05) is 6.61 Å². The smallest absolute Gasteiger partial charge is 0.336 e. The monoisotopic (exact) mass is 387 g/mol. The molecule has 0 spiro atoms. The Kier molecular flexibility index (Phi) is 5.04. The molecule has 0 saturated carbocycles. The van der Waals surface area contributed by atoms with E-state index >= 15 is 0 Å². The minimum absolute atomic E-state index is 0.126. The molecular formula is C24H21NO4. The van der Waals surface area contributed by atoms with E-state index in [0.29, 0.717) is 11.3 Å². The van der Waals surface area contributed by atoms with Crippen LogP contribution in [0.25, 0.3) is 21.7 Å². The molecule has 5 heteroatoms. The quantitative estimate of drug-likeness (QED) is 0.512. The van der Waals surface area contributed by atoms with Crippen molar-refractivity contribution < 1.29 is 13.9 Å². The summed E-state index contributed by atoms with van der Waals surface area (Å²) in [4.78, 5) is 23.9. The first kappa shape index (κ1) is 18.7. The molecule has 29 heavy (non-hydrogen) atoms. The second-order valence-corrected chi connectivity index (χ2v) is 7.09. The van der Waals surface area contributed by atoms with Crippen LogP contribution < -0.4 is 15.7 Å². The van der Waals surface area contributed by atoms with E-state index in [2.05, 4.69) is 29.6 Å². The first-order valence-corrected chi connectivity index (χ1v) is 9.45. The van der Waals surface area contributed by atoms with E-state index in [1.807, 2.05) is 38.1 Å². The zero-order chi connectivity index (χ0) is 20.4. The lowest BCUT2D eigenvalue weighted by atomic mass is 10.0. The van der Waals surface area contributed by atoms with Crippen LogP contribution in [0.5, 0.6) is 5.75 Å². The highest BCUT2D eigenvalue weighted by Gasteiger charge is 2.11. The van der Waals surface area contributed by atoms with Gasteiger partial charge in [-0.15, -0.1) is 0 Å². The molecule has 0 aliphatic carbocycles. The molecule has 0 fully saturated rings. The van der Waals surface area contributed by atoms with E-state index in [0.717, 1.165) is 27.3 Å². The van der Waals surface area contributed by atoms with Crippen molar-refractivity contribution >= 4 is 27.6 Å². The Labute approximate surface area is 167 Å². The number of carbonyl (C=O) groups is 1. The van der Waals surface area contributed by atoms with E-state index in [4.69, 9.17) is 9.15 Å². The molecule has 3 aromatic carbocycles. The summed E-state index contributed by atoms with van der Waals surface area (Å²) in [6, 6.07) is 20.8. The lowest BCUT2D eigenvalue weighted by Gasteiger charge is -2.15. The topological polar surface area (TPSA) is 68.5 Å². The highest BCUT2D eigenvalue weighted by atomic mass is 16.5. The molecule has 5 nitrogen and oxygen atoms in total. The van der Waals surface area contributed by atoms with Gasteiger partial charge in [0, 0.05) is 17.5 Å². The minimum atomic E-state index is -0.408. The Balaban J connectivity index is 1.41.